The molecule has 16 heavy (non-hydrogen) atoms. The van der Waals surface area contributed by atoms with Crippen LogP contribution in [-0.4, -0.2) is 49.4 Å². The van der Waals surface area contributed by atoms with Crippen LogP contribution in [0.15, 0.2) is 0 Å². The predicted octanol–water partition coefficient (Wildman–Crippen LogP) is 0.402. The molecule has 1 heterocycles. The quantitative estimate of drug-likeness (QED) is 0.482. The molecular weight excluding hydrogens is 226 g/mol. The third kappa shape index (κ3) is 4.68. The van der Waals surface area contributed by atoms with Gasteiger partial charge in [0.05, 0.1) is 0 Å². The summed E-state index contributed by atoms with van der Waals surface area (Å²) in [4.78, 5) is 13.5. The van der Waals surface area contributed by atoms with Gasteiger partial charge in [0.2, 0.25) is 5.91 Å². The second-order valence-electron chi connectivity index (χ2n) is 4.31. The number of hydrogen-bond acceptors (Lipinski definition) is 3. The molecule has 0 aromatic heterocycles. The van der Waals surface area contributed by atoms with Crippen LogP contribution < -0.4 is 11.1 Å². The summed E-state index contributed by atoms with van der Waals surface area (Å²) in [5.74, 6) is 1.21. The first-order valence-corrected chi connectivity index (χ1v) is 6.56. The fourth-order valence-electron chi connectivity index (χ4n) is 1.92. The number of halogens is 1. The van der Waals surface area contributed by atoms with Crippen molar-refractivity contribution in [2.45, 2.75) is 19.3 Å². The molecule has 0 bridgehead atoms. The number of hydrogen-bond donors (Lipinski definition) is 2. The summed E-state index contributed by atoms with van der Waals surface area (Å²) in [6.07, 6.45) is 2.65. The predicted molar refractivity (Wildman–Crippen MR) is 66.6 cm³/mol. The van der Waals surface area contributed by atoms with Gasteiger partial charge in [-0.1, -0.05) is 0 Å². The van der Waals surface area contributed by atoms with E-state index in [0.29, 0.717) is 18.2 Å². The zero-order valence-electron chi connectivity index (χ0n) is 9.75. The Morgan fingerprint density at radius 1 is 1.44 bits per heavy atom. The maximum atomic E-state index is 11.5. The lowest BCUT2D eigenvalue weighted by Gasteiger charge is -2.16. The van der Waals surface area contributed by atoms with Crippen LogP contribution in [0.4, 0.5) is 0 Å². The topological polar surface area (TPSA) is 58.4 Å². The van der Waals surface area contributed by atoms with Crippen LogP contribution in [0.1, 0.15) is 19.3 Å². The van der Waals surface area contributed by atoms with Crippen LogP contribution in [-0.2, 0) is 4.79 Å². The number of likely N-dealkylation sites (tertiary alicyclic amines) is 1. The number of carbonyl (C=O) groups excluding carboxylic acids is 1. The minimum Gasteiger partial charge on any atom is -0.342 e. The summed E-state index contributed by atoms with van der Waals surface area (Å²) in [6.45, 7) is 4.34. The summed E-state index contributed by atoms with van der Waals surface area (Å²) in [7, 11) is 0. The molecule has 94 valence electrons. The molecule has 0 saturated carbocycles. The Morgan fingerprint density at radius 2 is 2.19 bits per heavy atom. The van der Waals surface area contributed by atoms with Crippen LogP contribution in [0.3, 0.4) is 0 Å². The molecule has 5 heteroatoms. The highest BCUT2D eigenvalue weighted by atomic mass is 35.5. The smallest absolute Gasteiger partial charge is 0.222 e. The Bertz CT molecular complexity index is 213. The normalized spacial score (nSPS) is 20.8. The first-order chi connectivity index (χ1) is 7.77. The van der Waals surface area contributed by atoms with Crippen molar-refractivity contribution in [2.75, 3.05) is 38.6 Å². The summed E-state index contributed by atoms with van der Waals surface area (Å²) in [5.41, 5.74) is 5.39. The molecule has 0 radical (unpaired) electrons. The molecule has 1 atom stereocenters. The van der Waals surface area contributed by atoms with Gasteiger partial charge in [-0.3, -0.25) is 4.79 Å². The van der Waals surface area contributed by atoms with Gasteiger partial charge in [-0.25, -0.2) is 0 Å². The van der Waals surface area contributed by atoms with Gasteiger partial charge in [0, 0.05) is 25.4 Å². The fraction of sp³-hybridized carbons (Fsp3) is 0.909. The fourth-order valence-corrected chi connectivity index (χ4v) is 2.13. The largest absolute Gasteiger partial charge is 0.342 e. The molecule has 1 fully saturated rings. The van der Waals surface area contributed by atoms with Crippen molar-refractivity contribution in [3.05, 3.63) is 0 Å². The lowest BCUT2D eigenvalue weighted by atomic mass is 10.1. The average molecular weight is 248 g/mol. The lowest BCUT2D eigenvalue weighted by molar-refractivity contribution is -0.127. The monoisotopic (exact) mass is 247 g/mol. The van der Waals surface area contributed by atoms with Gasteiger partial charge in [-0.05, 0) is 38.4 Å². The van der Waals surface area contributed by atoms with Crippen LogP contribution >= 0.6 is 11.6 Å². The van der Waals surface area contributed by atoms with E-state index in [4.69, 9.17) is 17.3 Å². The first kappa shape index (κ1) is 13.7. The number of rotatable bonds is 8. The van der Waals surface area contributed by atoms with Crippen molar-refractivity contribution < 1.29 is 4.79 Å². The highest BCUT2D eigenvalue weighted by Gasteiger charge is 2.27. The molecular formula is C11H22ClN3O. The van der Waals surface area contributed by atoms with Crippen LogP contribution in [0.2, 0.25) is 0 Å². The molecule has 0 aliphatic carbocycles. The minimum atomic E-state index is 0.257. The average Bonchev–Trinajstić information content (AvgIpc) is 2.65. The SMILES string of the molecule is NCCCNCCCN1CC(CCl)CC1=O. The Morgan fingerprint density at radius 3 is 2.81 bits per heavy atom. The molecule has 0 aromatic rings. The van der Waals surface area contributed by atoms with E-state index < -0.39 is 0 Å². The van der Waals surface area contributed by atoms with E-state index >= 15 is 0 Å². The van der Waals surface area contributed by atoms with Crippen molar-refractivity contribution in [3.8, 4) is 0 Å². The minimum absolute atomic E-state index is 0.257. The van der Waals surface area contributed by atoms with Gasteiger partial charge in [-0.15, -0.1) is 11.6 Å². The van der Waals surface area contributed by atoms with Gasteiger partial charge in [0.1, 0.15) is 0 Å². The van der Waals surface area contributed by atoms with Crippen LogP contribution in [0, 0.1) is 5.92 Å². The molecule has 1 rings (SSSR count). The molecule has 1 unspecified atom stereocenters. The molecule has 1 saturated heterocycles. The molecule has 3 N–H and O–H groups in total. The summed E-state index contributed by atoms with van der Waals surface area (Å²) >= 11 is 5.75. The van der Waals surface area contributed by atoms with Gasteiger partial charge in [0.25, 0.3) is 0 Å². The zero-order chi connectivity index (χ0) is 11.8. The molecule has 0 aromatic carbocycles. The van der Waals surface area contributed by atoms with Crippen molar-refractivity contribution in [3.63, 3.8) is 0 Å². The number of nitrogens with two attached hydrogens (primary N) is 1. The summed E-state index contributed by atoms with van der Waals surface area (Å²) in [5, 5.41) is 3.31. The van der Waals surface area contributed by atoms with E-state index in [9.17, 15) is 4.79 Å². The van der Waals surface area contributed by atoms with Crippen molar-refractivity contribution in [1.82, 2.24) is 10.2 Å². The zero-order valence-corrected chi connectivity index (χ0v) is 10.5. The second kappa shape index (κ2) is 7.87. The van der Waals surface area contributed by atoms with Crippen LogP contribution in [0.5, 0.6) is 0 Å². The molecule has 1 aliphatic heterocycles. The first-order valence-electron chi connectivity index (χ1n) is 6.02. The Labute approximate surface area is 102 Å². The summed E-state index contributed by atoms with van der Waals surface area (Å²) in [6, 6.07) is 0. The van der Waals surface area contributed by atoms with E-state index in [1.165, 1.54) is 0 Å². The Kier molecular flexibility index (Phi) is 6.76. The summed E-state index contributed by atoms with van der Waals surface area (Å²) < 4.78 is 0. The maximum Gasteiger partial charge on any atom is 0.222 e. The van der Waals surface area contributed by atoms with Crippen molar-refractivity contribution >= 4 is 17.5 Å². The number of carbonyl (C=O) groups is 1. The standard InChI is InChI=1S/C11H22ClN3O/c12-8-10-7-11(16)15(9-10)6-2-5-14-4-1-3-13/h10,14H,1-9,13H2. The molecule has 4 nitrogen and oxygen atoms in total. The van der Waals surface area contributed by atoms with E-state index in [2.05, 4.69) is 5.32 Å². The molecule has 0 spiro atoms. The molecule has 1 amide bonds. The maximum absolute atomic E-state index is 11.5. The van der Waals surface area contributed by atoms with E-state index in [1.54, 1.807) is 0 Å². The molecule has 1 aliphatic rings. The van der Waals surface area contributed by atoms with Gasteiger partial charge in [0.15, 0.2) is 0 Å². The third-order valence-corrected chi connectivity index (χ3v) is 3.29. The lowest BCUT2D eigenvalue weighted by Crippen LogP contribution is -2.29. The van der Waals surface area contributed by atoms with Gasteiger partial charge >= 0.3 is 0 Å². The van der Waals surface area contributed by atoms with Crippen molar-refractivity contribution in [1.29, 1.82) is 0 Å². The Balaban J connectivity index is 2.03. The third-order valence-electron chi connectivity index (χ3n) is 2.85. The van der Waals surface area contributed by atoms with E-state index in [1.807, 2.05) is 4.90 Å². The second-order valence-corrected chi connectivity index (χ2v) is 4.62. The number of nitrogens with one attached hydrogen (secondary N) is 1. The van der Waals surface area contributed by atoms with E-state index in [0.717, 1.165) is 45.6 Å². The highest BCUT2D eigenvalue weighted by molar-refractivity contribution is 6.18. The highest BCUT2D eigenvalue weighted by Crippen LogP contribution is 2.18. The van der Waals surface area contributed by atoms with Crippen molar-refractivity contribution in [2.24, 2.45) is 11.7 Å². The number of amides is 1. The Hall–Kier alpha value is -0.320. The number of alkyl halides is 1. The van der Waals surface area contributed by atoms with Gasteiger partial charge in [-0.2, -0.15) is 0 Å². The van der Waals surface area contributed by atoms with E-state index in [-0.39, 0.29) is 5.91 Å². The van der Waals surface area contributed by atoms with Crippen LogP contribution in [0.25, 0.3) is 0 Å². The van der Waals surface area contributed by atoms with Gasteiger partial charge < -0.3 is 16.0 Å². The number of nitrogens with zero attached hydrogens (tertiary/aromatic N) is 1.